The van der Waals surface area contributed by atoms with Crippen LogP contribution in [-0.2, 0) is 0 Å². The van der Waals surface area contributed by atoms with Gasteiger partial charge in [-0.25, -0.2) is 8.78 Å². The molecule has 0 bridgehead atoms. The Balaban J connectivity index is 1.53. The Morgan fingerprint density at radius 3 is 1.86 bits per heavy atom. The molecule has 3 atom stereocenters. The van der Waals surface area contributed by atoms with Crippen LogP contribution in [0.5, 0.6) is 0 Å². The number of benzene rings is 4. The minimum Gasteiger partial charge on any atom is -0.274 e. The lowest BCUT2D eigenvalue weighted by atomic mass is 9.79. The standard InChI is InChI=1S/C30H21F2NO2/c31-24-15-7-6-13-21(24)27-23(17-33-29(34)19-11-4-5-12-20(19)30(33)35)26(18-9-2-1-3-10-18)22-14-8-16-25(32)28(22)27/h1-16,23,26-27H,17H2/t23-,26+,27+/m1/s1. The van der Waals surface area contributed by atoms with Gasteiger partial charge >= 0.3 is 0 Å². The van der Waals surface area contributed by atoms with Crippen molar-refractivity contribution in [3.63, 3.8) is 0 Å². The Bertz CT molecular complexity index is 1430. The predicted octanol–water partition coefficient (Wildman–Crippen LogP) is 6.15. The van der Waals surface area contributed by atoms with Crippen molar-refractivity contribution in [3.8, 4) is 0 Å². The van der Waals surface area contributed by atoms with E-state index in [4.69, 9.17) is 0 Å². The fraction of sp³-hybridized carbons (Fsp3) is 0.133. The molecule has 0 unspecified atom stereocenters. The van der Waals surface area contributed by atoms with E-state index in [9.17, 15) is 9.59 Å². The second-order valence-electron chi connectivity index (χ2n) is 9.06. The van der Waals surface area contributed by atoms with Gasteiger partial charge in [0.15, 0.2) is 0 Å². The number of hydrogen-bond donors (Lipinski definition) is 0. The molecule has 0 saturated carbocycles. The molecule has 1 aliphatic heterocycles. The predicted molar refractivity (Wildman–Crippen MR) is 128 cm³/mol. The smallest absolute Gasteiger partial charge is 0.261 e. The quantitative estimate of drug-likeness (QED) is 0.339. The Morgan fingerprint density at radius 1 is 0.600 bits per heavy atom. The summed E-state index contributed by atoms with van der Waals surface area (Å²) in [5.74, 6) is -3.04. The van der Waals surface area contributed by atoms with Crippen LogP contribution < -0.4 is 0 Å². The molecule has 4 aromatic rings. The average Bonchev–Trinajstić information content (AvgIpc) is 3.33. The number of fused-ring (bicyclic) bond motifs is 2. The lowest BCUT2D eigenvalue weighted by Crippen LogP contribution is -2.37. The van der Waals surface area contributed by atoms with Crippen LogP contribution in [0.25, 0.3) is 0 Å². The van der Waals surface area contributed by atoms with Gasteiger partial charge in [-0.05, 0) is 52.4 Å². The summed E-state index contributed by atoms with van der Waals surface area (Å²) in [5, 5.41) is 0. The van der Waals surface area contributed by atoms with Crippen molar-refractivity contribution in [2.24, 2.45) is 5.92 Å². The summed E-state index contributed by atoms with van der Waals surface area (Å²) in [6.07, 6.45) is 0. The minimum absolute atomic E-state index is 0.0407. The Kier molecular flexibility index (Phi) is 5.06. The molecule has 5 heteroatoms. The van der Waals surface area contributed by atoms with Crippen molar-refractivity contribution in [3.05, 3.63) is 142 Å². The van der Waals surface area contributed by atoms with Crippen molar-refractivity contribution >= 4 is 11.8 Å². The second-order valence-corrected chi connectivity index (χ2v) is 9.06. The number of rotatable bonds is 4. The third kappa shape index (κ3) is 3.30. The fourth-order valence-electron chi connectivity index (χ4n) is 5.82. The number of imide groups is 1. The van der Waals surface area contributed by atoms with Crippen LogP contribution in [0.4, 0.5) is 8.78 Å². The summed E-state index contributed by atoms with van der Waals surface area (Å²) in [4.78, 5) is 27.7. The van der Waals surface area contributed by atoms with E-state index in [-0.39, 0.29) is 24.3 Å². The topological polar surface area (TPSA) is 37.4 Å². The van der Waals surface area contributed by atoms with Crippen molar-refractivity contribution in [2.45, 2.75) is 11.8 Å². The molecule has 1 aliphatic carbocycles. The molecule has 1 heterocycles. The van der Waals surface area contributed by atoms with Gasteiger partial charge in [0, 0.05) is 18.4 Å². The van der Waals surface area contributed by atoms with E-state index < -0.39 is 23.5 Å². The average molecular weight is 465 g/mol. The highest BCUT2D eigenvalue weighted by Crippen LogP contribution is 2.54. The van der Waals surface area contributed by atoms with Crippen LogP contribution in [-0.4, -0.2) is 23.3 Å². The van der Waals surface area contributed by atoms with E-state index in [1.807, 2.05) is 36.4 Å². The third-order valence-corrected chi connectivity index (χ3v) is 7.26. The molecule has 3 nitrogen and oxygen atoms in total. The van der Waals surface area contributed by atoms with Gasteiger partial charge in [0.2, 0.25) is 0 Å². The van der Waals surface area contributed by atoms with Gasteiger partial charge in [-0.1, -0.05) is 72.8 Å². The zero-order valence-corrected chi connectivity index (χ0v) is 18.7. The zero-order chi connectivity index (χ0) is 24.1. The first-order valence-corrected chi connectivity index (χ1v) is 11.6. The van der Waals surface area contributed by atoms with E-state index in [2.05, 4.69) is 0 Å². The van der Waals surface area contributed by atoms with Crippen molar-refractivity contribution in [2.75, 3.05) is 6.54 Å². The van der Waals surface area contributed by atoms with Gasteiger partial charge in [0.05, 0.1) is 11.1 Å². The molecule has 172 valence electrons. The van der Waals surface area contributed by atoms with E-state index in [0.717, 1.165) is 11.1 Å². The summed E-state index contributed by atoms with van der Waals surface area (Å²) in [7, 11) is 0. The molecule has 0 saturated heterocycles. The first-order valence-electron chi connectivity index (χ1n) is 11.6. The molecular formula is C30H21F2NO2. The lowest BCUT2D eigenvalue weighted by molar-refractivity contribution is 0.0622. The maximum Gasteiger partial charge on any atom is 0.261 e. The summed E-state index contributed by atoms with van der Waals surface area (Å²) in [5.41, 5.74) is 3.19. The number of hydrogen-bond acceptors (Lipinski definition) is 2. The molecular weight excluding hydrogens is 444 g/mol. The van der Waals surface area contributed by atoms with Crippen LogP contribution in [0.2, 0.25) is 0 Å². The molecule has 2 aliphatic rings. The molecule has 0 fully saturated rings. The summed E-state index contributed by atoms with van der Waals surface area (Å²) < 4.78 is 30.6. The van der Waals surface area contributed by atoms with Crippen LogP contribution in [0.3, 0.4) is 0 Å². The minimum atomic E-state index is -0.665. The summed E-state index contributed by atoms with van der Waals surface area (Å²) >= 11 is 0. The molecule has 6 rings (SSSR count). The number of carbonyl (C=O) groups is 2. The zero-order valence-electron chi connectivity index (χ0n) is 18.7. The molecule has 2 amide bonds. The maximum atomic E-state index is 15.4. The number of nitrogens with zero attached hydrogens (tertiary/aromatic N) is 1. The molecule has 0 radical (unpaired) electrons. The van der Waals surface area contributed by atoms with E-state index >= 15 is 8.78 Å². The van der Waals surface area contributed by atoms with E-state index in [1.165, 1.54) is 17.0 Å². The van der Waals surface area contributed by atoms with Gasteiger partial charge in [0.25, 0.3) is 11.8 Å². The first kappa shape index (κ1) is 21.4. The normalized spacial score (nSPS) is 20.7. The number of carbonyl (C=O) groups excluding carboxylic acids is 2. The summed E-state index contributed by atoms with van der Waals surface area (Å²) in [6.45, 7) is 0.0407. The van der Waals surface area contributed by atoms with Crippen molar-refractivity contribution in [1.29, 1.82) is 0 Å². The SMILES string of the molecule is O=C1c2ccccc2C(=O)N1C[C@H]1[C@H](c2ccccc2F)c2c(F)cccc2[C@@H]1c1ccccc1. The Labute approximate surface area is 201 Å². The van der Waals surface area contributed by atoms with Gasteiger partial charge < -0.3 is 0 Å². The van der Waals surface area contributed by atoms with Crippen molar-refractivity contribution < 1.29 is 18.4 Å². The van der Waals surface area contributed by atoms with Gasteiger partial charge in [-0.3, -0.25) is 14.5 Å². The molecule has 35 heavy (non-hydrogen) atoms. The third-order valence-electron chi connectivity index (χ3n) is 7.26. The second kappa shape index (κ2) is 8.27. The van der Waals surface area contributed by atoms with Crippen LogP contribution in [0.15, 0.2) is 97.1 Å². The Hall–Kier alpha value is -4.12. The van der Waals surface area contributed by atoms with E-state index in [0.29, 0.717) is 22.3 Å². The Morgan fingerprint density at radius 2 is 1.17 bits per heavy atom. The largest absolute Gasteiger partial charge is 0.274 e. The molecule has 0 N–H and O–H groups in total. The molecule has 0 spiro atoms. The van der Waals surface area contributed by atoms with Gasteiger partial charge in [-0.15, -0.1) is 0 Å². The number of halogens is 2. The van der Waals surface area contributed by atoms with E-state index in [1.54, 1.807) is 48.5 Å². The monoisotopic (exact) mass is 465 g/mol. The van der Waals surface area contributed by atoms with Crippen molar-refractivity contribution in [1.82, 2.24) is 4.90 Å². The highest BCUT2D eigenvalue weighted by molar-refractivity contribution is 6.21. The van der Waals surface area contributed by atoms with Crippen LogP contribution in [0.1, 0.15) is 54.8 Å². The van der Waals surface area contributed by atoms with Gasteiger partial charge in [-0.2, -0.15) is 0 Å². The lowest BCUT2D eigenvalue weighted by Gasteiger charge is -2.30. The van der Waals surface area contributed by atoms with Gasteiger partial charge in [0.1, 0.15) is 11.6 Å². The van der Waals surface area contributed by atoms with Crippen LogP contribution in [0, 0.1) is 17.6 Å². The van der Waals surface area contributed by atoms with Crippen LogP contribution >= 0.6 is 0 Å². The number of amides is 2. The fourth-order valence-corrected chi connectivity index (χ4v) is 5.82. The summed E-state index contributed by atoms with van der Waals surface area (Å²) in [6, 6.07) is 27.6. The molecule has 0 aromatic heterocycles. The highest BCUT2D eigenvalue weighted by Gasteiger charge is 2.48. The highest BCUT2D eigenvalue weighted by atomic mass is 19.1. The molecule has 4 aromatic carbocycles. The first-order chi connectivity index (χ1) is 17.1. The maximum absolute atomic E-state index is 15.4.